The van der Waals surface area contributed by atoms with Crippen LogP contribution in [-0.2, 0) is 24.8 Å². The minimum Gasteiger partial charge on any atom is -0.384 e. The number of ketones is 1. The normalized spacial score (nSPS) is 19.8. The van der Waals surface area contributed by atoms with Crippen LogP contribution < -0.4 is 11.1 Å². The molecule has 3 atom stereocenters. The van der Waals surface area contributed by atoms with Crippen molar-refractivity contribution >= 4 is 46.2 Å². The number of aliphatic hydroxyl groups is 1. The molecule has 4 heterocycles. The Balaban J connectivity index is 1.52. The average Bonchev–Trinajstić information content (AvgIpc) is 3.72. The van der Waals surface area contributed by atoms with Gasteiger partial charge in [-0.1, -0.05) is 37.3 Å². The molecule has 2 aliphatic rings. The number of carbonyl (C=O) groups excluding carboxylic acids is 5. The Bertz CT molecular complexity index is 1720. The van der Waals surface area contributed by atoms with Crippen LogP contribution in [-0.4, -0.2) is 88.7 Å². The van der Waals surface area contributed by atoms with Gasteiger partial charge in [-0.3, -0.25) is 24.0 Å². The number of nitrogens with one attached hydrogen (secondary N) is 1. The van der Waals surface area contributed by atoms with E-state index in [4.69, 9.17) is 5.73 Å². The van der Waals surface area contributed by atoms with Crippen LogP contribution in [0.2, 0.25) is 0 Å². The van der Waals surface area contributed by atoms with E-state index in [0.29, 0.717) is 16.7 Å². The molecule has 15 nitrogen and oxygen atoms in total. The van der Waals surface area contributed by atoms with Crippen molar-refractivity contribution in [3.05, 3.63) is 48.0 Å². The first-order chi connectivity index (χ1) is 22.3. The zero-order valence-electron chi connectivity index (χ0n) is 26.6. The number of hydrogen-bond acceptors (Lipinski definition) is 10. The third-order valence-corrected chi connectivity index (χ3v) is 8.82. The fraction of sp³-hybridized carbons (Fsp3) is 0.500. The van der Waals surface area contributed by atoms with Gasteiger partial charge in [-0.25, -0.2) is 19.6 Å². The maximum atomic E-state index is 14.5. The van der Waals surface area contributed by atoms with Crippen molar-refractivity contribution in [2.45, 2.75) is 89.4 Å². The molecule has 0 aromatic carbocycles. The van der Waals surface area contributed by atoms with Crippen LogP contribution in [0.15, 0.2) is 41.8 Å². The number of likely N-dealkylation sites (tertiary alicyclic amines) is 1. The lowest BCUT2D eigenvalue weighted by molar-refractivity contribution is -0.139. The number of nitrogens with two attached hydrogens (primary N) is 1. The molecule has 0 spiro atoms. The van der Waals surface area contributed by atoms with Gasteiger partial charge in [0.25, 0.3) is 17.7 Å². The predicted octanol–water partition coefficient (Wildman–Crippen LogP) is 1.40. The molecule has 1 saturated carbocycles. The standard InChI is InChI=1S/C32H39N9O6/c1-18(26(42)27(33)43)37-30(45)24-15-20(41-25(16-36-39-41)32(2,3)47)17-40(24)31(46)23(14-19-8-5-4-6-9-19)38-29(44)22-11-13-35-28-21(22)10-7-12-34-28/h7,10-13,16,18-20,24,47H,4-6,8-9,14-15,17H2,1-3H3,(H2,33,43)(H,37,45)/t18?,20-,24-/m0/s1. The first-order valence-corrected chi connectivity index (χ1v) is 15.7. The van der Waals surface area contributed by atoms with Gasteiger partial charge in [0, 0.05) is 30.7 Å². The second kappa shape index (κ2) is 13.8. The van der Waals surface area contributed by atoms with Gasteiger partial charge in [0.2, 0.25) is 11.7 Å². The Labute approximate surface area is 271 Å². The molecule has 248 valence electrons. The molecule has 4 amide bonds. The van der Waals surface area contributed by atoms with Gasteiger partial charge < -0.3 is 21.1 Å². The van der Waals surface area contributed by atoms with E-state index >= 15 is 0 Å². The molecule has 1 saturated heterocycles. The predicted molar refractivity (Wildman–Crippen MR) is 169 cm³/mol. The summed E-state index contributed by atoms with van der Waals surface area (Å²) in [4.78, 5) is 79.7. The van der Waals surface area contributed by atoms with Crippen molar-refractivity contribution in [3.8, 4) is 0 Å². The lowest BCUT2D eigenvalue weighted by Gasteiger charge is -2.27. The van der Waals surface area contributed by atoms with Crippen molar-refractivity contribution in [1.29, 1.82) is 0 Å². The van der Waals surface area contributed by atoms with E-state index in [1.54, 1.807) is 32.2 Å². The number of fused-ring (bicyclic) bond motifs is 1. The van der Waals surface area contributed by atoms with Crippen molar-refractivity contribution < 1.29 is 29.1 Å². The summed E-state index contributed by atoms with van der Waals surface area (Å²) in [5.41, 5.74) is 4.80. The SMILES string of the molecule is CC(NC(=O)[C@@H]1C[C@H](n2nncc2C(C)(C)O)CN1C(=O)C(CC1CCCCC1)=NC(=O)c1ccnc2ncccc12)C(=O)C(N)=O. The lowest BCUT2D eigenvalue weighted by Crippen LogP contribution is -2.52. The number of Topliss-reactive ketones (excluding diaryl/α,β-unsaturated/α-hetero) is 1. The molecule has 1 aliphatic carbocycles. The Morgan fingerprint density at radius 2 is 1.83 bits per heavy atom. The highest BCUT2D eigenvalue weighted by atomic mass is 16.3. The van der Waals surface area contributed by atoms with E-state index in [-0.39, 0.29) is 36.6 Å². The molecule has 0 bridgehead atoms. The summed E-state index contributed by atoms with van der Waals surface area (Å²) >= 11 is 0. The summed E-state index contributed by atoms with van der Waals surface area (Å²) in [6.45, 7) is 4.44. The maximum Gasteiger partial charge on any atom is 0.287 e. The van der Waals surface area contributed by atoms with Crippen LogP contribution in [0.3, 0.4) is 0 Å². The lowest BCUT2D eigenvalue weighted by atomic mass is 9.85. The number of aromatic nitrogens is 5. The van der Waals surface area contributed by atoms with Crippen molar-refractivity contribution in [2.24, 2.45) is 16.6 Å². The first-order valence-electron chi connectivity index (χ1n) is 15.7. The van der Waals surface area contributed by atoms with Gasteiger partial charge in [-0.05, 0) is 51.3 Å². The van der Waals surface area contributed by atoms with Crippen molar-refractivity contribution in [1.82, 2.24) is 35.2 Å². The molecule has 3 aromatic rings. The van der Waals surface area contributed by atoms with E-state index < -0.39 is 53.1 Å². The third kappa shape index (κ3) is 7.40. The van der Waals surface area contributed by atoms with E-state index in [1.165, 1.54) is 35.0 Å². The largest absolute Gasteiger partial charge is 0.384 e. The van der Waals surface area contributed by atoms with Gasteiger partial charge >= 0.3 is 0 Å². The number of pyridine rings is 2. The third-order valence-electron chi connectivity index (χ3n) is 8.82. The fourth-order valence-electron chi connectivity index (χ4n) is 6.37. The van der Waals surface area contributed by atoms with Gasteiger partial charge in [-0.15, -0.1) is 5.10 Å². The number of primary amides is 1. The minimum atomic E-state index is -1.33. The highest BCUT2D eigenvalue weighted by molar-refractivity contribution is 6.41. The monoisotopic (exact) mass is 645 g/mol. The Morgan fingerprint density at radius 3 is 2.53 bits per heavy atom. The summed E-state index contributed by atoms with van der Waals surface area (Å²) in [7, 11) is 0. The summed E-state index contributed by atoms with van der Waals surface area (Å²) in [6, 6.07) is 1.96. The molecule has 15 heteroatoms. The van der Waals surface area contributed by atoms with E-state index in [0.717, 1.165) is 32.1 Å². The minimum absolute atomic E-state index is 0.0109. The molecule has 2 fully saturated rings. The fourth-order valence-corrected chi connectivity index (χ4v) is 6.37. The topological polar surface area (TPSA) is 216 Å². The van der Waals surface area contributed by atoms with E-state index in [2.05, 4.69) is 30.6 Å². The highest BCUT2D eigenvalue weighted by Crippen LogP contribution is 2.33. The molecular weight excluding hydrogens is 606 g/mol. The number of amides is 4. The number of aliphatic imine (C=N–C) groups is 1. The number of carbonyl (C=O) groups is 5. The quantitative estimate of drug-likeness (QED) is 0.213. The van der Waals surface area contributed by atoms with Crippen LogP contribution in [0, 0.1) is 5.92 Å². The second-order valence-corrected chi connectivity index (χ2v) is 12.7. The van der Waals surface area contributed by atoms with Gasteiger partial charge in [0.05, 0.1) is 29.5 Å². The summed E-state index contributed by atoms with van der Waals surface area (Å²) in [5.74, 6) is -4.01. The zero-order valence-corrected chi connectivity index (χ0v) is 26.6. The molecular formula is C32H39N9O6. The van der Waals surface area contributed by atoms with Crippen LogP contribution in [0.25, 0.3) is 11.0 Å². The van der Waals surface area contributed by atoms with E-state index in [9.17, 15) is 29.1 Å². The number of nitrogens with zero attached hydrogens (tertiary/aromatic N) is 7. The Hall–Kier alpha value is -4.92. The van der Waals surface area contributed by atoms with Gasteiger partial charge in [0.1, 0.15) is 17.4 Å². The summed E-state index contributed by atoms with van der Waals surface area (Å²) in [5, 5.41) is 21.8. The molecule has 47 heavy (non-hydrogen) atoms. The molecule has 0 radical (unpaired) electrons. The number of rotatable bonds is 10. The zero-order chi connectivity index (χ0) is 33.9. The van der Waals surface area contributed by atoms with Crippen LogP contribution >= 0.6 is 0 Å². The van der Waals surface area contributed by atoms with Gasteiger partial charge in [-0.2, -0.15) is 0 Å². The smallest absolute Gasteiger partial charge is 0.287 e. The highest BCUT2D eigenvalue weighted by Gasteiger charge is 2.44. The molecule has 1 unspecified atom stereocenters. The summed E-state index contributed by atoms with van der Waals surface area (Å²) < 4.78 is 1.48. The Kier molecular flexibility index (Phi) is 9.84. The van der Waals surface area contributed by atoms with Crippen LogP contribution in [0.4, 0.5) is 0 Å². The molecule has 3 aromatic heterocycles. The maximum absolute atomic E-state index is 14.5. The van der Waals surface area contributed by atoms with Crippen molar-refractivity contribution in [2.75, 3.05) is 6.54 Å². The summed E-state index contributed by atoms with van der Waals surface area (Å²) in [6.07, 6.45) is 9.54. The van der Waals surface area contributed by atoms with Crippen LogP contribution in [0.5, 0.6) is 0 Å². The van der Waals surface area contributed by atoms with Crippen molar-refractivity contribution in [3.63, 3.8) is 0 Å². The molecule has 1 aliphatic heterocycles. The van der Waals surface area contributed by atoms with Gasteiger partial charge in [0.15, 0.2) is 5.65 Å². The average molecular weight is 646 g/mol. The number of hydrogen-bond donors (Lipinski definition) is 3. The Morgan fingerprint density at radius 1 is 1.11 bits per heavy atom. The first kappa shape index (κ1) is 33.4. The molecule has 5 rings (SSSR count). The molecule has 4 N–H and O–H groups in total. The van der Waals surface area contributed by atoms with E-state index in [1.807, 2.05) is 0 Å². The van der Waals surface area contributed by atoms with Crippen LogP contribution in [0.1, 0.15) is 87.8 Å². The second-order valence-electron chi connectivity index (χ2n) is 12.7.